The van der Waals surface area contributed by atoms with E-state index in [4.69, 9.17) is 10.5 Å². The van der Waals surface area contributed by atoms with Crippen LogP contribution in [0.1, 0.15) is 25.3 Å². The molecule has 0 bridgehead atoms. The van der Waals surface area contributed by atoms with Gasteiger partial charge in [0.25, 0.3) is 0 Å². The Morgan fingerprint density at radius 2 is 1.95 bits per heavy atom. The molecule has 4 heteroatoms. The van der Waals surface area contributed by atoms with Crippen LogP contribution in [0.2, 0.25) is 0 Å². The minimum absolute atomic E-state index is 0.238. The highest BCUT2D eigenvalue weighted by Crippen LogP contribution is 2.23. The average Bonchev–Trinajstić information content (AvgIpc) is 2.50. The Bertz CT molecular complexity index is 391. The lowest BCUT2D eigenvalue weighted by molar-refractivity contribution is -0.0279. The molecule has 3 N–H and O–H groups in total. The highest BCUT2D eigenvalue weighted by Gasteiger charge is 2.31. The van der Waals surface area contributed by atoms with Gasteiger partial charge in [-0.2, -0.15) is 0 Å². The number of aliphatic hydroxyl groups is 1. The van der Waals surface area contributed by atoms with E-state index >= 15 is 0 Å². The second-order valence-corrected chi connectivity index (χ2v) is 5.53. The molecule has 2 rings (SSSR count). The minimum Gasteiger partial charge on any atom is -0.382 e. The summed E-state index contributed by atoms with van der Waals surface area (Å²) in [6.45, 7) is 5.56. The van der Waals surface area contributed by atoms with Gasteiger partial charge in [0.2, 0.25) is 0 Å². The number of likely N-dealkylation sites (tertiary alicyclic amines) is 1. The number of β-amino-alcohol motifs (C(OH)–C–C–N with tert-alkyl or cyclic N) is 1. The van der Waals surface area contributed by atoms with Gasteiger partial charge in [0, 0.05) is 32.8 Å². The zero-order valence-corrected chi connectivity index (χ0v) is 12.3. The van der Waals surface area contributed by atoms with Crippen molar-refractivity contribution >= 4 is 0 Å². The normalized spacial score (nSPS) is 20.8. The number of hydrogen-bond donors (Lipinski definition) is 2. The molecule has 1 fully saturated rings. The van der Waals surface area contributed by atoms with Crippen molar-refractivity contribution in [1.29, 1.82) is 0 Å². The van der Waals surface area contributed by atoms with Gasteiger partial charge in [-0.3, -0.25) is 4.90 Å². The van der Waals surface area contributed by atoms with Crippen LogP contribution in [0, 0.1) is 0 Å². The summed E-state index contributed by atoms with van der Waals surface area (Å²) in [5.74, 6) is 0. The van der Waals surface area contributed by atoms with Crippen molar-refractivity contribution in [2.45, 2.75) is 31.5 Å². The average molecular weight is 278 g/mol. The van der Waals surface area contributed by atoms with Gasteiger partial charge in [-0.05, 0) is 25.3 Å². The zero-order valence-electron chi connectivity index (χ0n) is 12.3. The lowest BCUT2D eigenvalue weighted by atomic mass is 9.92. The SMILES string of the molecule is CCOC1CCN(CC(O)(CN)c2ccccc2)CC1. The van der Waals surface area contributed by atoms with E-state index in [1.54, 1.807) is 0 Å². The molecule has 112 valence electrons. The summed E-state index contributed by atoms with van der Waals surface area (Å²) in [6, 6.07) is 9.72. The number of ether oxygens (including phenoxy) is 1. The number of benzene rings is 1. The third kappa shape index (κ3) is 3.79. The predicted octanol–water partition coefficient (Wildman–Crippen LogP) is 1.33. The Balaban J connectivity index is 1.94. The van der Waals surface area contributed by atoms with E-state index in [9.17, 15) is 5.11 Å². The van der Waals surface area contributed by atoms with Crippen LogP contribution in [0.3, 0.4) is 0 Å². The van der Waals surface area contributed by atoms with Gasteiger partial charge in [-0.25, -0.2) is 0 Å². The third-order valence-corrected chi connectivity index (χ3v) is 4.07. The van der Waals surface area contributed by atoms with Gasteiger partial charge in [0.15, 0.2) is 0 Å². The van der Waals surface area contributed by atoms with Crippen molar-refractivity contribution in [2.24, 2.45) is 5.73 Å². The van der Waals surface area contributed by atoms with Crippen LogP contribution in [0.15, 0.2) is 30.3 Å². The quantitative estimate of drug-likeness (QED) is 0.824. The molecule has 1 aliphatic heterocycles. The molecule has 1 aromatic carbocycles. The van der Waals surface area contributed by atoms with E-state index in [1.807, 2.05) is 37.3 Å². The molecule has 0 radical (unpaired) electrons. The van der Waals surface area contributed by atoms with Crippen LogP contribution in [-0.2, 0) is 10.3 Å². The maximum absolute atomic E-state index is 10.8. The molecule has 1 saturated heterocycles. The number of rotatable bonds is 6. The fourth-order valence-electron chi connectivity index (χ4n) is 2.86. The number of piperidine rings is 1. The Morgan fingerprint density at radius 3 is 2.50 bits per heavy atom. The first kappa shape index (κ1) is 15.4. The van der Waals surface area contributed by atoms with Crippen LogP contribution in [0.4, 0.5) is 0 Å². The fourth-order valence-corrected chi connectivity index (χ4v) is 2.86. The van der Waals surface area contributed by atoms with E-state index in [0.717, 1.165) is 38.1 Å². The van der Waals surface area contributed by atoms with Crippen molar-refractivity contribution in [3.8, 4) is 0 Å². The monoisotopic (exact) mass is 278 g/mol. The second-order valence-electron chi connectivity index (χ2n) is 5.53. The summed E-state index contributed by atoms with van der Waals surface area (Å²) in [7, 11) is 0. The molecule has 4 nitrogen and oxygen atoms in total. The van der Waals surface area contributed by atoms with E-state index in [1.165, 1.54) is 0 Å². The van der Waals surface area contributed by atoms with Crippen molar-refractivity contribution in [3.63, 3.8) is 0 Å². The molecule has 0 saturated carbocycles. The number of nitrogens with two attached hydrogens (primary N) is 1. The molecule has 1 unspecified atom stereocenters. The largest absolute Gasteiger partial charge is 0.382 e. The third-order valence-electron chi connectivity index (χ3n) is 4.07. The predicted molar refractivity (Wildman–Crippen MR) is 80.5 cm³/mol. The summed E-state index contributed by atoms with van der Waals surface area (Å²) in [5.41, 5.74) is 5.77. The smallest absolute Gasteiger partial charge is 0.114 e. The number of nitrogens with zero attached hydrogens (tertiary/aromatic N) is 1. The molecule has 0 aromatic heterocycles. The van der Waals surface area contributed by atoms with Crippen molar-refractivity contribution in [3.05, 3.63) is 35.9 Å². The number of hydrogen-bond acceptors (Lipinski definition) is 4. The maximum atomic E-state index is 10.8. The van der Waals surface area contributed by atoms with Gasteiger partial charge in [-0.1, -0.05) is 30.3 Å². The van der Waals surface area contributed by atoms with Gasteiger partial charge < -0.3 is 15.6 Å². The summed E-state index contributed by atoms with van der Waals surface area (Å²) in [5, 5.41) is 10.8. The lowest BCUT2D eigenvalue weighted by Gasteiger charge is -2.37. The van der Waals surface area contributed by atoms with Crippen LogP contribution >= 0.6 is 0 Å². The van der Waals surface area contributed by atoms with Crippen LogP contribution in [0.5, 0.6) is 0 Å². The summed E-state index contributed by atoms with van der Waals surface area (Å²) in [4.78, 5) is 2.29. The van der Waals surface area contributed by atoms with Gasteiger partial charge in [0.1, 0.15) is 5.60 Å². The van der Waals surface area contributed by atoms with E-state index in [-0.39, 0.29) is 6.54 Å². The first-order valence-corrected chi connectivity index (χ1v) is 7.50. The standard InChI is InChI=1S/C16H26N2O2/c1-2-20-15-8-10-18(11-9-15)13-16(19,12-17)14-6-4-3-5-7-14/h3-7,15,19H,2,8-13,17H2,1H3. The van der Waals surface area contributed by atoms with Crippen LogP contribution in [-0.4, -0.2) is 48.9 Å². The van der Waals surface area contributed by atoms with Gasteiger partial charge in [-0.15, -0.1) is 0 Å². The summed E-state index contributed by atoms with van der Waals surface area (Å²) in [6.07, 6.45) is 2.44. The highest BCUT2D eigenvalue weighted by molar-refractivity contribution is 5.23. The molecular formula is C16H26N2O2. The fraction of sp³-hybridized carbons (Fsp3) is 0.625. The summed E-state index contributed by atoms with van der Waals surface area (Å²) < 4.78 is 5.66. The molecular weight excluding hydrogens is 252 g/mol. The molecule has 1 aliphatic rings. The lowest BCUT2D eigenvalue weighted by Crippen LogP contribution is -2.49. The first-order chi connectivity index (χ1) is 9.68. The van der Waals surface area contributed by atoms with Gasteiger partial charge in [0.05, 0.1) is 6.10 Å². The zero-order chi connectivity index (χ0) is 14.4. The second kappa shape index (κ2) is 7.18. The molecule has 1 atom stereocenters. The molecule has 1 aromatic rings. The first-order valence-electron chi connectivity index (χ1n) is 7.50. The van der Waals surface area contributed by atoms with Crippen molar-refractivity contribution < 1.29 is 9.84 Å². The Hall–Kier alpha value is -0.940. The molecule has 0 spiro atoms. The Labute approximate surface area is 121 Å². The van der Waals surface area contributed by atoms with E-state index in [0.29, 0.717) is 12.6 Å². The van der Waals surface area contributed by atoms with E-state index < -0.39 is 5.60 Å². The van der Waals surface area contributed by atoms with Crippen molar-refractivity contribution in [2.75, 3.05) is 32.8 Å². The maximum Gasteiger partial charge on any atom is 0.114 e. The molecule has 1 heterocycles. The molecule has 0 amide bonds. The molecule has 20 heavy (non-hydrogen) atoms. The summed E-state index contributed by atoms with van der Waals surface area (Å²) >= 11 is 0. The van der Waals surface area contributed by atoms with Crippen LogP contribution < -0.4 is 5.73 Å². The topological polar surface area (TPSA) is 58.7 Å². The van der Waals surface area contributed by atoms with Gasteiger partial charge >= 0.3 is 0 Å². The Kier molecular flexibility index (Phi) is 5.54. The van der Waals surface area contributed by atoms with E-state index in [2.05, 4.69) is 4.90 Å². The van der Waals surface area contributed by atoms with Crippen molar-refractivity contribution in [1.82, 2.24) is 4.90 Å². The molecule has 0 aliphatic carbocycles. The Morgan fingerprint density at radius 1 is 1.30 bits per heavy atom. The highest BCUT2D eigenvalue weighted by atomic mass is 16.5. The minimum atomic E-state index is -0.959. The van der Waals surface area contributed by atoms with Crippen LogP contribution in [0.25, 0.3) is 0 Å².